The van der Waals surface area contributed by atoms with Crippen molar-refractivity contribution in [1.29, 1.82) is 0 Å². The summed E-state index contributed by atoms with van der Waals surface area (Å²) in [6.07, 6.45) is 11.2. The van der Waals surface area contributed by atoms with Gasteiger partial charge in [0.25, 0.3) is 0 Å². The predicted octanol–water partition coefficient (Wildman–Crippen LogP) is 2.95. The summed E-state index contributed by atoms with van der Waals surface area (Å²) in [6, 6.07) is 0.894. The third-order valence-electron chi connectivity index (χ3n) is 4.97. The Morgan fingerprint density at radius 2 is 2.11 bits per heavy atom. The highest BCUT2D eigenvalue weighted by molar-refractivity contribution is 5.02. The topological polar surface area (TPSA) is 37.8 Å². The molecule has 0 radical (unpaired) electrons. The molecule has 2 bridgehead atoms. The van der Waals surface area contributed by atoms with Crippen LogP contribution in [0.15, 0.2) is 18.6 Å². The van der Waals surface area contributed by atoms with Gasteiger partial charge in [0.05, 0.1) is 5.69 Å². The first kappa shape index (κ1) is 12.1. The van der Waals surface area contributed by atoms with E-state index in [4.69, 9.17) is 0 Å². The largest absolute Gasteiger partial charge is 0.306 e. The van der Waals surface area contributed by atoms with Gasteiger partial charge in [-0.25, -0.2) is 0 Å². The fourth-order valence-electron chi connectivity index (χ4n) is 4.04. The summed E-state index contributed by atoms with van der Waals surface area (Å²) in [6.45, 7) is 4.53. The zero-order valence-electron chi connectivity index (χ0n) is 11.3. The normalized spacial score (nSPS) is 33.6. The average Bonchev–Trinajstić information content (AvgIpc) is 3.02. The highest BCUT2D eigenvalue weighted by Gasteiger charge is 2.41. The first-order valence-corrected chi connectivity index (χ1v) is 7.26. The predicted molar refractivity (Wildman–Crippen MR) is 72.0 cm³/mol. The van der Waals surface area contributed by atoms with Crippen LogP contribution >= 0.6 is 0 Å². The molecule has 0 spiro atoms. The van der Waals surface area contributed by atoms with Crippen molar-refractivity contribution >= 4 is 0 Å². The molecule has 2 aliphatic rings. The molecule has 3 heteroatoms. The zero-order valence-corrected chi connectivity index (χ0v) is 11.3. The molecule has 18 heavy (non-hydrogen) atoms. The lowest BCUT2D eigenvalue weighted by molar-refractivity contribution is 0.247. The standard InChI is InChI=1S/C15H23N3/c1-10(14-8-12-3-4-13(14)7-12)18-11(2)15-9-16-5-6-17-15/h5-6,9-14,18H,3-4,7-8H2,1-2H3. The van der Waals surface area contributed by atoms with Crippen molar-refractivity contribution in [2.24, 2.45) is 17.8 Å². The van der Waals surface area contributed by atoms with Gasteiger partial charge in [0.2, 0.25) is 0 Å². The van der Waals surface area contributed by atoms with Gasteiger partial charge in [0.1, 0.15) is 0 Å². The van der Waals surface area contributed by atoms with Gasteiger partial charge in [-0.2, -0.15) is 0 Å². The molecule has 98 valence electrons. The zero-order chi connectivity index (χ0) is 12.5. The van der Waals surface area contributed by atoms with E-state index in [-0.39, 0.29) is 0 Å². The van der Waals surface area contributed by atoms with Crippen LogP contribution in [0.25, 0.3) is 0 Å². The summed E-state index contributed by atoms with van der Waals surface area (Å²) >= 11 is 0. The van der Waals surface area contributed by atoms with E-state index in [9.17, 15) is 0 Å². The second-order valence-electron chi connectivity index (χ2n) is 6.15. The van der Waals surface area contributed by atoms with Crippen LogP contribution in [-0.4, -0.2) is 16.0 Å². The van der Waals surface area contributed by atoms with Crippen molar-refractivity contribution in [3.63, 3.8) is 0 Å². The lowest BCUT2D eigenvalue weighted by Gasteiger charge is -2.30. The Bertz CT molecular complexity index is 392. The minimum Gasteiger partial charge on any atom is -0.306 e. The smallest absolute Gasteiger partial charge is 0.0753 e. The molecule has 1 aromatic heterocycles. The Kier molecular flexibility index (Phi) is 3.33. The van der Waals surface area contributed by atoms with Gasteiger partial charge in [-0.15, -0.1) is 0 Å². The summed E-state index contributed by atoms with van der Waals surface area (Å²) in [5.74, 6) is 2.88. The molecule has 5 atom stereocenters. The number of nitrogens with one attached hydrogen (secondary N) is 1. The summed E-state index contributed by atoms with van der Waals surface area (Å²) in [5, 5.41) is 3.72. The Morgan fingerprint density at radius 1 is 1.22 bits per heavy atom. The van der Waals surface area contributed by atoms with Crippen LogP contribution in [0.5, 0.6) is 0 Å². The molecule has 0 saturated heterocycles. The van der Waals surface area contributed by atoms with Gasteiger partial charge in [-0.3, -0.25) is 9.97 Å². The lowest BCUT2D eigenvalue weighted by Crippen LogP contribution is -2.38. The Labute approximate surface area is 109 Å². The van der Waals surface area contributed by atoms with E-state index in [1.165, 1.54) is 25.7 Å². The third-order valence-corrected chi connectivity index (χ3v) is 4.97. The van der Waals surface area contributed by atoms with E-state index >= 15 is 0 Å². The van der Waals surface area contributed by atoms with E-state index < -0.39 is 0 Å². The fourth-order valence-corrected chi connectivity index (χ4v) is 4.04. The van der Waals surface area contributed by atoms with Crippen molar-refractivity contribution in [2.45, 2.75) is 51.6 Å². The molecule has 1 aromatic rings. The van der Waals surface area contributed by atoms with E-state index in [0.29, 0.717) is 12.1 Å². The first-order valence-electron chi connectivity index (χ1n) is 7.26. The van der Waals surface area contributed by atoms with Crippen LogP contribution in [-0.2, 0) is 0 Å². The Morgan fingerprint density at radius 3 is 2.72 bits per heavy atom. The van der Waals surface area contributed by atoms with Crippen molar-refractivity contribution in [3.8, 4) is 0 Å². The maximum atomic E-state index is 4.38. The summed E-state index contributed by atoms with van der Waals surface area (Å²) in [7, 11) is 0. The van der Waals surface area contributed by atoms with Gasteiger partial charge in [-0.1, -0.05) is 6.42 Å². The van der Waals surface area contributed by atoms with Gasteiger partial charge in [0.15, 0.2) is 0 Å². The number of aromatic nitrogens is 2. The molecule has 3 nitrogen and oxygen atoms in total. The van der Waals surface area contributed by atoms with Crippen molar-refractivity contribution < 1.29 is 0 Å². The molecule has 1 heterocycles. The average molecular weight is 245 g/mol. The third kappa shape index (κ3) is 2.28. The molecule has 2 aliphatic carbocycles. The van der Waals surface area contributed by atoms with E-state index in [1.807, 2.05) is 6.20 Å². The van der Waals surface area contributed by atoms with E-state index in [1.54, 1.807) is 12.4 Å². The van der Waals surface area contributed by atoms with E-state index in [2.05, 4.69) is 29.1 Å². The molecule has 2 fully saturated rings. The van der Waals surface area contributed by atoms with Crippen LogP contribution < -0.4 is 5.32 Å². The second kappa shape index (κ2) is 4.96. The minimum atomic E-state index is 0.299. The van der Waals surface area contributed by atoms with E-state index in [0.717, 1.165) is 23.4 Å². The van der Waals surface area contributed by atoms with Gasteiger partial charge >= 0.3 is 0 Å². The summed E-state index contributed by atoms with van der Waals surface area (Å²) in [5.41, 5.74) is 1.05. The van der Waals surface area contributed by atoms with Gasteiger partial charge in [0, 0.05) is 30.7 Å². The molecule has 5 unspecified atom stereocenters. The number of nitrogens with zero attached hydrogens (tertiary/aromatic N) is 2. The molecule has 3 rings (SSSR count). The highest BCUT2D eigenvalue weighted by Crippen LogP contribution is 2.49. The number of hydrogen-bond acceptors (Lipinski definition) is 3. The van der Waals surface area contributed by atoms with Crippen LogP contribution in [0.4, 0.5) is 0 Å². The van der Waals surface area contributed by atoms with Crippen LogP contribution in [0.3, 0.4) is 0 Å². The quantitative estimate of drug-likeness (QED) is 0.886. The Hall–Kier alpha value is -0.960. The fraction of sp³-hybridized carbons (Fsp3) is 0.733. The maximum absolute atomic E-state index is 4.38. The highest BCUT2D eigenvalue weighted by atomic mass is 15.0. The molecular formula is C15H23N3. The molecule has 2 saturated carbocycles. The molecule has 0 amide bonds. The monoisotopic (exact) mass is 245 g/mol. The van der Waals surface area contributed by atoms with Crippen molar-refractivity contribution in [2.75, 3.05) is 0 Å². The van der Waals surface area contributed by atoms with Crippen LogP contribution in [0.1, 0.15) is 51.3 Å². The molecular weight excluding hydrogens is 222 g/mol. The van der Waals surface area contributed by atoms with Gasteiger partial charge < -0.3 is 5.32 Å². The SMILES string of the molecule is CC(NC(C)C1CC2CCC1C2)c1cnccn1. The number of hydrogen-bond donors (Lipinski definition) is 1. The summed E-state index contributed by atoms with van der Waals surface area (Å²) < 4.78 is 0. The summed E-state index contributed by atoms with van der Waals surface area (Å²) in [4.78, 5) is 8.53. The van der Waals surface area contributed by atoms with Crippen LogP contribution in [0, 0.1) is 17.8 Å². The molecule has 0 aliphatic heterocycles. The van der Waals surface area contributed by atoms with Crippen molar-refractivity contribution in [1.82, 2.24) is 15.3 Å². The van der Waals surface area contributed by atoms with Crippen LogP contribution in [0.2, 0.25) is 0 Å². The maximum Gasteiger partial charge on any atom is 0.0753 e. The first-order chi connectivity index (χ1) is 8.74. The molecule has 1 N–H and O–H groups in total. The minimum absolute atomic E-state index is 0.299. The molecule has 0 aromatic carbocycles. The van der Waals surface area contributed by atoms with Crippen molar-refractivity contribution in [3.05, 3.63) is 24.3 Å². The Balaban J connectivity index is 1.59. The second-order valence-corrected chi connectivity index (χ2v) is 6.15. The number of rotatable bonds is 4. The van der Waals surface area contributed by atoms with Gasteiger partial charge in [-0.05, 0) is 50.9 Å². The lowest BCUT2D eigenvalue weighted by atomic mass is 9.83. The number of fused-ring (bicyclic) bond motifs is 2.